The summed E-state index contributed by atoms with van der Waals surface area (Å²) in [5.41, 5.74) is -0.278. The van der Waals surface area contributed by atoms with Gasteiger partial charge in [0.1, 0.15) is 0 Å². The standard InChI is InChI=1S/C8H14O/c1-8(9)6-2-3-7(8)5-4-6/h6-7,9H,2-5H2,1H3. The van der Waals surface area contributed by atoms with E-state index in [-0.39, 0.29) is 5.60 Å². The summed E-state index contributed by atoms with van der Waals surface area (Å²) in [4.78, 5) is 0. The van der Waals surface area contributed by atoms with Gasteiger partial charge in [0, 0.05) is 0 Å². The van der Waals surface area contributed by atoms with Crippen LogP contribution in [0.4, 0.5) is 0 Å². The second kappa shape index (κ2) is 1.51. The molecule has 0 atom stereocenters. The molecule has 2 aliphatic carbocycles. The van der Waals surface area contributed by atoms with Crippen LogP contribution in [0.3, 0.4) is 0 Å². The van der Waals surface area contributed by atoms with E-state index in [9.17, 15) is 5.11 Å². The maximum atomic E-state index is 9.79. The van der Waals surface area contributed by atoms with Crippen molar-refractivity contribution >= 4 is 0 Å². The van der Waals surface area contributed by atoms with Gasteiger partial charge in [0.15, 0.2) is 0 Å². The highest BCUT2D eigenvalue weighted by Crippen LogP contribution is 2.51. The SMILES string of the molecule is CC1(O)C2CCC1CC2. The minimum absolute atomic E-state index is 0.278. The van der Waals surface area contributed by atoms with Crippen molar-refractivity contribution < 1.29 is 5.11 Å². The fraction of sp³-hybridized carbons (Fsp3) is 1.00. The number of fused-ring (bicyclic) bond motifs is 2. The lowest BCUT2D eigenvalue weighted by Gasteiger charge is -2.21. The van der Waals surface area contributed by atoms with Gasteiger partial charge in [-0.25, -0.2) is 0 Å². The molecule has 1 nitrogen and oxygen atoms in total. The molecule has 0 radical (unpaired) electrons. The lowest BCUT2D eigenvalue weighted by molar-refractivity contribution is 0.0142. The van der Waals surface area contributed by atoms with Crippen LogP contribution < -0.4 is 0 Å². The van der Waals surface area contributed by atoms with Gasteiger partial charge in [0.2, 0.25) is 0 Å². The average Bonchev–Trinajstić information content (AvgIpc) is 2.24. The van der Waals surface area contributed by atoms with E-state index in [1.165, 1.54) is 25.7 Å². The van der Waals surface area contributed by atoms with E-state index in [0.717, 1.165) is 0 Å². The van der Waals surface area contributed by atoms with E-state index >= 15 is 0 Å². The van der Waals surface area contributed by atoms with Gasteiger partial charge in [0.25, 0.3) is 0 Å². The number of rotatable bonds is 0. The van der Waals surface area contributed by atoms with Crippen molar-refractivity contribution in [2.45, 2.75) is 38.2 Å². The Labute approximate surface area is 56.1 Å². The molecule has 0 heterocycles. The molecular formula is C8H14O. The van der Waals surface area contributed by atoms with Gasteiger partial charge >= 0.3 is 0 Å². The van der Waals surface area contributed by atoms with Gasteiger partial charge in [-0.05, 0) is 44.4 Å². The Morgan fingerprint density at radius 2 is 1.44 bits per heavy atom. The minimum Gasteiger partial charge on any atom is -0.390 e. The highest BCUT2D eigenvalue weighted by atomic mass is 16.3. The van der Waals surface area contributed by atoms with Gasteiger partial charge in [-0.3, -0.25) is 0 Å². The molecule has 0 aromatic rings. The van der Waals surface area contributed by atoms with E-state index in [0.29, 0.717) is 11.8 Å². The zero-order chi connectivity index (χ0) is 6.48. The number of hydrogen-bond donors (Lipinski definition) is 1. The van der Waals surface area contributed by atoms with Gasteiger partial charge in [-0.1, -0.05) is 0 Å². The van der Waals surface area contributed by atoms with Gasteiger partial charge < -0.3 is 5.11 Å². The molecule has 0 amide bonds. The van der Waals surface area contributed by atoms with Crippen LogP contribution in [0, 0.1) is 11.8 Å². The van der Waals surface area contributed by atoms with E-state index in [1.54, 1.807) is 0 Å². The summed E-state index contributed by atoms with van der Waals surface area (Å²) in [5.74, 6) is 1.28. The molecule has 0 unspecified atom stereocenters. The molecular weight excluding hydrogens is 112 g/mol. The molecule has 0 spiro atoms. The fourth-order valence-electron chi connectivity index (χ4n) is 2.60. The Kier molecular flexibility index (Phi) is 0.963. The molecule has 1 N–H and O–H groups in total. The van der Waals surface area contributed by atoms with E-state index in [4.69, 9.17) is 0 Å². The summed E-state index contributed by atoms with van der Waals surface area (Å²) in [6.07, 6.45) is 5.10. The Balaban J connectivity index is 2.26. The zero-order valence-electron chi connectivity index (χ0n) is 5.93. The summed E-state index contributed by atoms with van der Waals surface area (Å²) in [6, 6.07) is 0. The van der Waals surface area contributed by atoms with Crippen LogP contribution in [0.2, 0.25) is 0 Å². The third-order valence-electron chi connectivity index (χ3n) is 3.38. The predicted octanol–water partition coefficient (Wildman–Crippen LogP) is 1.56. The topological polar surface area (TPSA) is 20.2 Å². The van der Waals surface area contributed by atoms with Crippen LogP contribution in [0.25, 0.3) is 0 Å². The molecule has 1 heteroatoms. The molecule has 0 aromatic carbocycles. The smallest absolute Gasteiger partial charge is 0.0675 e. The predicted molar refractivity (Wildman–Crippen MR) is 36.1 cm³/mol. The molecule has 52 valence electrons. The Bertz CT molecular complexity index is 107. The Morgan fingerprint density at radius 1 is 1.11 bits per heavy atom. The van der Waals surface area contributed by atoms with Crippen LogP contribution >= 0.6 is 0 Å². The van der Waals surface area contributed by atoms with Crippen molar-refractivity contribution in [1.29, 1.82) is 0 Å². The second-order valence-corrected chi connectivity index (χ2v) is 3.77. The Morgan fingerprint density at radius 3 is 1.56 bits per heavy atom. The van der Waals surface area contributed by atoms with Gasteiger partial charge in [-0.15, -0.1) is 0 Å². The van der Waals surface area contributed by atoms with Crippen LogP contribution in [0.15, 0.2) is 0 Å². The first kappa shape index (κ1) is 5.72. The number of hydrogen-bond acceptors (Lipinski definition) is 1. The summed E-state index contributed by atoms with van der Waals surface area (Å²) >= 11 is 0. The molecule has 0 saturated heterocycles. The van der Waals surface area contributed by atoms with Gasteiger partial charge in [0.05, 0.1) is 5.60 Å². The third-order valence-corrected chi connectivity index (χ3v) is 3.38. The normalized spacial score (nSPS) is 56.7. The van der Waals surface area contributed by atoms with Crippen LogP contribution in [0.5, 0.6) is 0 Å². The lowest BCUT2D eigenvalue weighted by atomic mass is 9.95. The zero-order valence-corrected chi connectivity index (χ0v) is 5.93. The van der Waals surface area contributed by atoms with Crippen LogP contribution in [0.1, 0.15) is 32.6 Å². The first-order valence-corrected chi connectivity index (χ1v) is 3.93. The van der Waals surface area contributed by atoms with Crippen molar-refractivity contribution in [3.05, 3.63) is 0 Å². The summed E-state index contributed by atoms with van der Waals surface area (Å²) in [7, 11) is 0. The molecule has 2 fully saturated rings. The van der Waals surface area contributed by atoms with Crippen molar-refractivity contribution in [2.75, 3.05) is 0 Å². The van der Waals surface area contributed by atoms with Crippen LogP contribution in [-0.2, 0) is 0 Å². The summed E-state index contributed by atoms with van der Waals surface area (Å²) in [5, 5.41) is 9.79. The monoisotopic (exact) mass is 126 g/mol. The molecule has 2 bridgehead atoms. The Hall–Kier alpha value is -0.0400. The first-order chi connectivity index (χ1) is 4.21. The molecule has 2 rings (SSSR count). The minimum atomic E-state index is -0.278. The van der Waals surface area contributed by atoms with Gasteiger partial charge in [-0.2, -0.15) is 0 Å². The second-order valence-electron chi connectivity index (χ2n) is 3.77. The highest BCUT2D eigenvalue weighted by Gasteiger charge is 2.49. The average molecular weight is 126 g/mol. The lowest BCUT2D eigenvalue weighted by Crippen LogP contribution is -2.29. The van der Waals surface area contributed by atoms with E-state index in [2.05, 4.69) is 0 Å². The fourth-order valence-corrected chi connectivity index (χ4v) is 2.60. The first-order valence-electron chi connectivity index (χ1n) is 3.93. The van der Waals surface area contributed by atoms with E-state index in [1.807, 2.05) is 6.92 Å². The van der Waals surface area contributed by atoms with Crippen LogP contribution in [-0.4, -0.2) is 10.7 Å². The quantitative estimate of drug-likeness (QED) is 0.522. The largest absolute Gasteiger partial charge is 0.390 e. The molecule has 2 saturated carbocycles. The maximum Gasteiger partial charge on any atom is 0.0675 e. The molecule has 0 aliphatic heterocycles. The maximum absolute atomic E-state index is 9.79. The van der Waals surface area contributed by atoms with Crippen molar-refractivity contribution in [1.82, 2.24) is 0 Å². The summed E-state index contributed by atoms with van der Waals surface area (Å²) in [6.45, 7) is 2.02. The van der Waals surface area contributed by atoms with E-state index < -0.39 is 0 Å². The molecule has 9 heavy (non-hydrogen) atoms. The molecule has 0 aromatic heterocycles. The summed E-state index contributed by atoms with van der Waals surface area (Å²) < 4.78 is 0. The third kappa shape index (κ3) is 0.586. The highest BCUT2D eigenvalue weighted by molar-refractivity contribution is 5.00. The number of aliphatic hydroxyl groups is 1. The van der Waals surface area contributed by atoms with Crippen molar-refractivity contribution in [2.24, 2.45) is 11.8 Å². The molecule has 2 aliphatic rings. The van der Waals surface area contributed by atoms with Crippen molar-refractivity contribution in [3.8, 4) is 0 Å². The van der Waals surface area contributed by atoms with Crippen molar-refractivity contribution in [3.63, 3.8) is 0 Å².